The lowest BCUT2D eigenvalue weighted by molar-refractivity contribution is -0.119. The summed E-state index contributed by atoms with van der Waals surface area (Å²) in [6, 6.07) is -0.532. The van der Waals surface area contributed by atoms with E-state index < -0.39 is 11.9 Å². The molecule has 2 atom stereocenters. The maximum atomic E-state index is 10.7. The highest BCUT2D eigenvalue weighted by molar-refractivity contribution is 5.82. The Bertz CT molecular complexity index is 215. The van der Waals surface area contributed by atoms with E-state index in [1.165, 1.54) is 0 Å². The number of rotatable bonds is 2. The molecule has 0 radical (unpaired) electrons. The zero-order chi connectivity index (χ0) is 9.14. The van der Waals surface area contributed by atoms with Gasteiger partial charge in [-0.2, -0.15) is 5.48 Å². The highest BCUT2D eigenvalue weighted by Gasteiger charge is 2.21. The van der Waals surface area contributed by atoms with E-state index in [1.807, 2.05) is 6.92 Å². The molecule has 0 bridgehead atoms. The molecular formula is C7H13N3O2. The Labute approximate surface area is 70.6 Å². The van der Waals surface area contributed by atoms with Crippen molar-refractivity contribution in [2.24, 2.45) is 5.73 Å². The van der Waals surface area contributed by atoms with E-state index in [4.69, 9.17) is 10.9 Å². The third-order valence-corrected chi connectivity index (χ3v) is 1.98. The molecule has 5 N–H and O–H groups in total. The first-order valence-corrected chi connectivity index (χ1v) is 3.75. The fourth-order valence-corrected chi connectivity index (χ4v) is 1.17. The van der Waals surface area contributed by atoms with Crippen molar-refractivity contribution in [3.63, 3.8) is 0 Å². The summed E-state index contributed by atoms with van der Waals surface area (Å²) in [6.45, 7) is 2.34. The van der Waals surface area contributed by atoms with E-state index >= 15 is 0 Å². The summed E-state index contributed by atoms with van der Waals surface area (Å²) in [6.07, 6.45) is 1.71. The van der Waals surface area contributed by atoms with Crippen molar-refractivity contribution < 1.29 is 10.0 Å². The molecule has 0 spiro atoms. The Morgan fingerprint density at radius 3 is 3.00 bits per heavy atom. The number of nitrogens with one attached hydrogen (secondary N) is 2. The lowest BCUT2D eigenvalue weighted by Crippen LogP contribution is -2.50. The molecule has 12 heavy (non-hydrogen) atoms. The molecule has 0 fully saturated rings. The zero-order valence-electron chi connectivity index (χ0n) is 6.87. The fraction of sp³-hybridized carbons (Fsp3) is 0.571. The lowest BCUT2D eigenvalue weighted by Gasteiger charge is -2.25. The van der Waals surface area contributed by atoms with Gasteiger partial charge in [0.15, 0.2) is 0 Å². The number of amides is 1. The Hall–Kier alpha value is -0.910. The average Bonchev–Trinajstić information content (AvgIpc) is 2.04. The van der Waals surface area contributed by atoms with E-state index in [0.717, 1.165) is 5.57 Å². The summed E-state index contributed by atoms with van der Waals surface area (Å²) < 4.78 is 0. The van der Waals surface area contributed by atoms with Crippen LogP contribution in [0.5, 0.6) is 0 Å². The van der Waals surface area contributed by atoms with E-state index in [9.17, 15) is 4.79 Å². The molecule has 0 aliphatic carbocycles. The van der Waals surface area contributed by atoms with Crippen molar-refractivity contribution in [3.05, 3.63) is 11.6 Å². The van der Waals surface area contributed by atoms with Crippen LogP contribution in [0, 0.1) is 0 Å². The summed E-state index contributed by atoms with van der Waals surface area (Å²) >= 11 is 0. The third kappa shape index (κ3) is 1.82. The normalized spacial score (nSPS) is 29.7. The first kappa shape index (κ1) is 9.18. The van der Waals surface area contributed by atoms with Crippen LogP contribution in [-0.2, 0) is 4.79 Å². The van der Waals surface area contributed by atoms with Crippen molar-refractivity contribution in [1.82, 2.24) is 10.8 Å². The number of primary amides is 1. The molecule has 0 unspecified atom stereocenters. The van der Waals surface area contributed by atoms with Gasteiger partial charge in [-0.3, -0.25) is 4.79 Å². The van der Waals surface area contributed by atoms with Gasteiger partial charge in [-0.1, -0.05) is 11.6 Å². The van der Waals surface area contributed by atoms with E-state index in [-0.39, 0.29) is 6.04 Å². The van der Waals surface area contributed by atoms with Crippen LogP contribution in [0.1, 0.15) is 6.92 Å². The van der Waals surface area contributed by atoms with Crippen LogP contribution in [0.3, 0.4) is 0 Å². The SMILES string of the molecule is CC1=C[C@@H](C(N)=O)NC[C@@H]1NO. The van der Waals surface area contributed by atoms with E-state index in [1.54, 1.807) is 6.08 Å². The molecule has 1 amide bonds. The van der Waals surface area contributed by atoms with Crippen molar-refractivity contribution in [2.45, 2.75) is 19.0 Å². The Kier molecular flexibility index (Phi) is 2.80. The fourth-order valence-electron chi connectivity index (χ4n) is 1.17. The van der Waals surface area contributed by atoms with Crippen LogP contribution >= 0.6 is 0 Å². The van der Waals surface area contributed by atoms with Gasteiger partial charge >= 0.3 is 0 Å². The summed E-state index contributed by atoms with van der Waals surface area (Å²) in [5.74, 6) is -0.397. The maximum Gasteiger partial charge on any atom is 0.238 e. The highest BCUT2D eigenvalue weighted by atomic mass is 16.5. The number of nitrogens with two attached hydrogens (primary N) is 1. The molecule has 5 nitrogen and oxygen atoms in total. The zero-order valence-corrected chi connectivity index (χ0v) is 6.87. The second-order valence-corrected chi connectivity index (χ2v) is 2.88. The molecule has 0 saturated carbocycles. The Balaban J connectivity index is 2.67. The topological polar surface area (TPSA) is 87.4 Å². The predicted molar refractivity (Wildman–Crippen MR) is 43.5 cm³/mol. The average molecular weight is 171 g/mol. The molecule has 0 aromatic rings. The summed E-state index contributed by atoms with van der Waals surface area (Å²) in [5, 5.41) is 11.5. The van der Waals surface area contributed by atoms with E-state index in [0.29, 0.717) is 6.54 Å². The summed E-state index contributed by atoms with van der Waals surface area (Å²) in [7, 11) is 0. The standard InChI is InChI=1S/C7H13N3O2/c1-4-2-5(7(8)11)9-3-6(4)10-12/h2,5-6,9-10,12H,3H2,1H3,(H2,8,11)/t5-,6-/m0/s1. The number of hydrogen-bond donors (Lipinski definition) is 4. The van der Waals surface area contributed by atoms with Gasteiger partial charge in [0.2, 0.25) is 5.91 Å². The van der Waals surface area contributed by atoms with Crippen LogP contribution in [-0.4, -0.2) is 29.7 Å². The molecule has 5 heteroatoms. The minimum Gasteiger partial charge on any atom is -0.368 e. The lowest BCUT2D eigenvalue weighted by atomic mass is 10.0. The van der Waals surface area contributed by atoms with Crippen molar-refractivity contribution in [2.75, 3.05) is 6.54 Å². The number of hydrogen-bond acceptors (Lipinski definition) is 4. The van der Waals surface area contributed by atoms with Crippen molar-refractivity contribution in [1.29, 1.82) is 0 Å². The summed E-state index contributed by atoms with van der Waals surface area (Å²) in [5.41, 5.74) is 8.13. The van der Waals surface area contributed by atoms with Gasteiger partial charge in [0.05, 0.1) is 6.04 Å². The Morgan fingerprint density at radius 2 is 2.58 bits per heavy atom. The van der Waals surface area contributed by atoms with Gasteiger partial charge in [-0.15, -0.1) is 0 Å². The van der Waals surface area contributed by atoms with Gasteiger partial charge in [0.1, 0.15) is 6.04 Å². The van der Waals surface area contributed by atoms with Gasteiger partial charge in [-0.25, -0.2) is 0 Å². The van der Waals surface area contributed by atoms with Gasteiger partial charge < -0.3 is 16.3 Å². The Morgan fingerprint density at radius 1 is 1.92 bits per heavy atom. The molecule has 68 valence electrons. The van der Waals surface area contributed by atoms with Crippen LogP contribution in [0.15, 0.2) is 11.6 Å². The molecule has 1 aliphatic heterocycles. The van der Waals surface area contributed by atoms with Crippen molar-refractivity contribution in [3.8, 4) is 0 Å². The molecule has 0 aromatic heterocycles. The number of hydroxylamine groups is 1. The minimum atomic E-state index is -0.408. The molecule has 1 rings (SSSR count). The minimum absolute atomic E-state index is 0.124. The highest BCUT2D eigenvalue weighted by Crippen LogP contribution is 2.07. The number of carbonyl (C=O) groups excluding carboxylic acids is 1. The van der Waals surface area contributed by atoms with Crippen molar-refractivity contribution >= 4 is 5.91 Å². The molecule has 1 aliphatic rings. The third-order valence-electron chi connectivity index (χ3n) is 1.98. The monoisotopic (exact) mass is 171 g/mol. The van der Waals surface area contributed by atoms with Crippen LogP contribution in [0.25, 0.3) is 0 Å². The molecule has 0 aromatic carbocycles. The summed E-state index contributed by atoms with van der Waals surface area (Å²) in [4.78, 5) is 10.7. The smallest absolute Gasteiger partial charge is 0.238 e. The first-order chi connectivity index (χ1) is 5.65. The quantitative estimate of drug-likeness (QED) is 0.308. The first-order valence-electron chi connectivity index (χ1n) is 3.75. The van der Waals surface area contributed by atoms with Gasteiger partial charge in [0.25, 0.3) is 0 Å². The van der Waals surface area contributed by atoms with Crippen LogP contribution in [0.4, 0.5) is 0 Å². The largest absolute Gasteiger partial charge is 0.368 e. The van der Waals surface area contributed by atoms with Crippen LogP contribution in [0.2, 0.25) is 0 Å². The predicted octanol–water partition coefficient (Wildman–Crippen LogP) is -1.26. The molecule has 0 saturated heterocycles. The van der Waals surface area contributed by atoms with Gasteiger partial charge in [-0.05, 0) is 6.92 Å². The number of carbonyl (C=O) groups is 1. The molecular weight excluding hydrogens is 158 g/mol. The maximum absolute atomic E-state index is 10.7. The second kappa shape index (κ2) is 3.66. The molecule has 1 heterocycles. The van der Waals surface area contributed by atoms with E-state index in [2.05, 4.69) is 10.8 Å². The second-order valence-electron chi connectivity index (χ2n) is 2.88. The van der Waals surface area contributed by atoms with Crippen LogP contribution < -0.4 is 16.5 Å². The van der Waals surface area contributed by atoms with Gasteiger partial charge in [0, 0.05) is 6.54 Å².